The minimum Gasteiger partial charge on any atom is -0.489 e. The van der Waals surface area contributed by atoms with Crippen molar-refractivity contribution in [2.75, 3.05) is 0 Å². The van der Waals surface area contributed by atoms with E-state index in [0.29, 0.717) is 26.3 Å². The van der Waals surface area contributed by atoms with Gasteiger partial charge in [-0.05, 0) is 98.2 Å². The third-order valence-electron chi connectivity index (χ3n) is 8.51. The molecule has 0 fully saturated rings. The van der Waals surface area contributed by atoms with Crippen LogP contribution in [0, 0.1) is 0 Å². The van der Waals surface area contributed by atoms with Crippen molar-refractivity contribution in [3.05, 3.63) is 130 Å². The Bertz CT molecular complexity index is 1350. The molecule has 6 nitrogen and oxygen atoms in total. The van der Waals surface area contributed by atoms with Gasteiger partial charge in [-0.2, -0.15) is 0 Å². The average molecular weight is 623 g/mol. The first-order valence-electron chi connectivity index (χ1n) is 16.6. The van der Waals surface area contributed by atoms with E-state index in [1.807, 2.05) is 48.5 Å². The second-order valence-electron chi connectivity index (χ2n) is 13.6. The van der Waals surface area contributed by atoms with Gasteiger partial charge >= 0.3 is 0 Å². The van der Waals surface area contributed by atoms with E-state index in [9.17, 15) is 0 Å². The molecule has 4 aromatic rings. The predicted octanol–water partition coefficient (Wildman–Crippen LogP) is 7.76. The van der Waals surface area contributed by atoms with E-state index < -0.39 is 0 Å². The molecule has 4 rings (SSSR count). The maximum atomic E-state index is 5.99. The second kappa shape index (κ2) is 17.3. The molecule has 0 aliphatic carbocycles. The number of unbranched alkanes of at least 4 members (excludes halogenated alkanes) is 1. The Kier molecular flexibility index (Phi) is 13.2. The van der Waals surface area contributed by atoms with Gasteiger partial charge < -0.3 is 31.6 Å². The molecule has 4 aromatic carbocycles. The van der Waals surface area contributed by atoms with Gasteiger partial charge in [-0.3, -0.25) is 0 Å². The molecule has 0 amide bonds. The molecule has 46 heavy (non-hydrogen) atoms. The first-order chi connectivity index (χ1) is 22.1. The molecular weight excluding hydrogens is 568 g/mol. The summed E-state index contributed by atoms with van der Waals surface area (Å²) in [6, 6.07) is 33.3. The first-order valence-corrected chi connectivity index (χ1v) is 16.6. The largest absolute Gasteiger partial charge is 0.489 e. The van der Waals surface area contributed by atoms with E-state index >= 15 is 0 Å². The molecule has 0 aromatic heterocycles. The lowest BCUT2D eigenvalue weighted by atomic mass is 9.91. The molecule has 0 spiro atoms. The van der Waals surface area contributed by atoms with Crippen LogP contribution in [0.3, 0.4) is 0 Å². The Labute approximate surface area is 276 Å². The second-order valence-corrected chi connectivity index (χ2v) is 13.6. The van der Waals surface area contributed by atoms with Crippen molar-refractivity contribution in [3.63, 3.8) is 0 Å². The van der Waals surface area contributed by atoms with E-state index in [4.69, 9.17) is 20.9 Å². The minimum absolute atomic E-state index is 0.0593. The summed E-state index contributed by atoms with van der Waals surface area (Å²) < 4.78 is 12.0. The Hall–Kier alpha value is -3.68. The highest BCUT2D eigenvalue weighted by atomic mass is 16.5. The molecule has 6 N–H and O–H groups in total. The summed E-state index contributed by atoms with van der Waals surface area (Å²) in [5.41, 5.74) is 18.6. The molecule has 0 bridgehead atoms. The molecule has 0 atom stereocenters. The summed E-state index contributed by atoms with van der Waals surface area (Å²) in [6.45, 7) is 13.1. The van der Waals surface area contributed by atoms with Crippen molar-refractivity contribution < 1.29 is 9.47 Å². The quantitative estimate of drug-likeness (QED) is 0.0799. The van der Waals surface area contributed by atoms with Crippen LogP contribution in [0.2, 0.25) is 0 Å². The number of rotatable bonds is 19. The van der Waals surface area contributed by atoms with Crippen LogP contribution in [0.1, 0.15) is 86.8 Å². The maximum Gasteiger partial charge on any atom is 0.119 e. The molecule has 0 radical (unpaired) electrons. The molecule has 6 heteroatoms. The Morgan fingerprint density at radius 3 is 1.24 bits per heavy atom. The van der Waals surface area contributed by atoms with Crippen LogP contribution in [0.4, 0.5) is 0 Å². The zero-order chi connectivity index (χ0) is 32.8. The van der Waals surface area contributed by atoms with Crippen LogP contribution < -0.4 is 31.6 Å². The van der Waals surface area contributed by atoms with Crippen LogP contribution in [-0.2, 0) is 39.4 Å². The normalized spacial score (nSPS) is 11.9. The third-order valence-corrected chi connectivity index (χ3v) is 8.51. The Morgan fingerprint density at radius 2 is 0.870 bits per heavy atom. The predicted molar refractivity (Wildman–Crippen MR) is 191 cm³/mol. The summed E-state index contributed by atoms with van der Waals surface area (Å²) >= 11 is 0. The number of nitrogens with one attached hydrogen (secondary N) is 2. The highest BCUT2D eigenvalue weighted by molar-refractivity contribution is 5.30. The average Bonchev–Trinajstić information content (AvgIpc) is 3.07. The van der Waals surface area contributed by atoms with E-state index in [1.54, 1.807) is 0 Å². The summed E-state index contributed by atoms with van der Waals surface area (Å²) in [5, 5.41) is 7.56. The summed E-state index contributed by atoms with van der Waals surface area (Å²) in [4.78, 5) is 0. The monoisotopic (exact) mass is 622 g/mol. The Balaban J connectivity index is 1.14. The molecule has 246 valence electrons. The lowest BCUT2D eigenvalue weighted by Crippen LogP contribution is -2.40. The number of nitrogens with two attached hydrogens (primary N) is 2. The van der Waals surface area contributed by atoms with Crippen molar-refractivity contribution in [3.8, 4) is 11.5 Å². The molecule has 0 saturated carbocycles. The van der Waals surface area contributed by atoms with Crippen LogP contribution >= 0.6 is 0 Å². The van der Waals surface area contributed by atoms with Gasteiger partial charge in [0.25, 0.3) is 0 Å². The number of hydrogen-bond donors (Lipinski definition) is 4. The van der Waals surface area contributed by atoms with E-state index in [1.165, 1.54) is 35.1 Å². The van der Waals surface area contributed by atoms with Gasteiger partial charge in [0.15, 0.2) is 0 Å². The van der Waals surface area contributed by atoms with Crippen molar-refractivity contribution in [1.29, 1.82) is 0 Å². The number of benzene rings is 4. The van der Waals surface area contributed by atoms with Crippen LogP contribution in [0.5, 0.6) is 11.5 Å². The fraction of sp³-hybridized carbons (Fsp3) is 0.400. The van der Waals surface area contributed by atoms with Crippen LogP contribution in [-0.4, -0.2) is 11.1 Å². The Morgan fingerprint density at radius 1 is 0.500 bits per heavy atom. The smallest absolute Gasteiger partial charge is 0.119 e. The molecule has 0 heterocycles. The topological polar surface area (TPSA) is 94.6 Å². The van der Waals surface area contributed by atoms with Gasteiger partial charge in [0.2, 0.25) is 0 Å². The fourth-order valence-electron chi connectivity index (χ4n) is 5.43. The van der Waals surface area contributed by atoms with Gasteiger partial charge in [0.1, 0.15) is 24.7 Å². The van der Waals surface area contributed by atoms with Crippen LogP contribution in [0.15, 0.2) is 97.1 Å². The van der Waals surface area contributed by atoms with Gasteiger partial charge in [-0.25, -0.2) is 0 Å². The zero-order valence-corrected chi connectivity index (χ0v) is 28.3. The molecule has 0 aliphatic rings. The molecular formula is C40H54N4O2. The van der Waals surface area contributed by atoms with Crippen LogP contribution in [0.25, 0.3) is 0 Å². The van der Waals surface area contributed by atoms with Gasteiger partial charge in [0.05, 0.1) is 0 Å². The highest BCUT2D eigenvalue weighted by Crippen LogP contribution is 2.21. The summed E-state index contributed by atoms with van der Waals surface area (Å²) in [6.07, 6.45) is 4.62. The van der Waals surface area contributed by atoms with E-state index in [0.717, 1.165) is 48.6 Å². The summed E-state index contributed by atoms with van der Waals surface area (Å²) in [5.74, 6) is 1.72. The minimum atomic E-state index is 0.0593. The van der Waals surface area contributed by atoms with Gasteiger partial charge in [-0.15, -0.1) is 0 Å². The SMILES string of the molecule is CC(C)(CCCCC(C)(C)NCc1cccc(COc2ccc(CN)cc2)c1)NCc1cccc(COc2ccc(CN)cc2)c1. The van der Waals surface area contributed by atoms with Gasteiger partial charge in [0, 0.05) is 37.3 Å². The fourth-order valence-corrected chi connectivity index (χ4v) is 5.43. The van der Waals surface area contributed by atoms with E-state index in [-0.39, 0.29) is 11.1 Å². The number of hydrogen-bond acceptors (Lipinski definition) is 6. The molecule has 0 saturated heterocycles. The van der Waals surface area contributed by atoms with Gasteiger partial charge in [-0.1, -0.05) is 85.6 Å². The first kappa shape index (κ1) is 35.2. The van der Waals surface area contributed by atoms with Crippen molar-refractivity contribution >= 4 is 0 Å². The van der Waals surface area contributed by atoms with E-state index in [2.05, 4.69) is 86.9 Å². The van der Waals surface area contributed by atoms with Crippen molar-refractivity contribution in [2.45, 2.75) is 104 Å². The van der Waals surface area contributed by atoms with Crippen molar-refractivity contribution in [1.82, 2.24) is 10.6 Å². The summed E-state index contributed by atoms with van der Waals surface area (Å²) in [7, 11) is 0. The lowest BCUT2D eigenvalue weighted by Gasteiger charge is -2.29. The maximum absolute atomic E-state index is 5.99. The highest BCUT2D eigenvalue weighted by Gasteiger charge is 2.20. The zero-order valence-electron chi connectivity index (χ0n) is 28.3. The lowest BCUT2D eigenvalue weighted by molar-refractivity contribution is 0.304. The molecule has 0 aliphatic heterocycles. The third kappa shape index (κ3) is 12.3. The van der Waals surface area contributed by atoms with Crippen molar-refractivity contribution in [2.24, 2.45) is 11.5 Å². The number of ether oxygens (including phenoxy) is 2. The standard InChI is InChI=1S/C40H54N4O2/c1-39(2,43-27-33-9-7-11-35(23-33)29-45-37-17-13-31(25-41)14-18-37)21-5-6-22-40(3,4)44-28-34-10-8-12-36(24-34)30-46-38-19-15-32(26-42)16-20-38/h7-20,23-24,43-44H,5-6,21-22,25-30,41-42H2,1-4H3. The molecule has 0 unspecified atom stereocenters.